The van der Waals surface area contributed by atoms with Crippen molar-refractivity contribution in [3.05, 3.63) is 34.9 Å². The lowest BCUT2D eigenvalue weighted by atomic mass is 10.1. The Hall–Kier alpha value is -0.720. The zero-order chi connectivity index (χ0) is 21.3. The Morgan fingerprint density at radius 2 is 1.37 bits per heavy atom. The van der Waals surface area contributed by atoms with E-state index >= 15 is 0 Å². The van der Waals surface area contributed by atoms with E-state index in [0.29, 0.717) is 6.42 Å². The van der Waals surface area contributed by atoms with Crippen LogP contribution in [0.5, 0.6) is 0 Å². The van der Waals surface area contributed by atoms with E-state index in [1.807, 2.05) is 13.0 Å². The molecule has 0 fully saturated rings. The number of rotatable bonds is 12. The van der Waals surface area contributed by atoms with Gasteiger partial charge in [0, 0.05) is 0 Å². The fraction of sp³-hybridized carbons (Fsp3) is 0.684. The van der Waals surface area contributed by atoms with Crippen LogP contribution in [0.3, 0.4) is 0 Å². The number of hydrogen-bond donors (Lipinski definition) is 3. The highest BCUT2D eigenvalue weighted by molar-refractivity contribution is 7.95. The molecule has 0 aromatic rings. The number of unbranched alkanes of at least 4 members (excludes halogenated alkanes) is 1. The van der Waals surface area contributed by atoms with E-state index in [-0.39, 0.29) is 12.8 Å². The van der Waals surface area contributed by atoms with Gasteiger partial charge in [-0.2, -0.15) is 8.42 Å². The molecule has 0 aliphatic heterocycles. The van der Waals surface area contributed by atoms with E-state index in [2.05, 4.69) is 32.9 Å². The maximum absolute atomic E-state index is 11.5. The van der Waals surface area contributed by atoms with Crippen LogP contribution < -0.4 is 0 Å². The molecular formula is C19H35O6PS. The molecule has 8 heteroatoms. The topological polar surface area (TPSA) is 112 Å². The first-order valence-electron chi connectivity index (χ1n) is 9.18. The summed E-state index contributed by atoms with van der Waals surface area (Å²) in [5, 5.41) is 0. The largest absolute Gasteiger partial charge is 0.348 e. The molecule has 0 aliphatic rings. The van der Waals surface area contributed by atoms with Gasteiger partial charge in [0.15, 0.2) is 4.49 Å². The Morgan fingerprint density at radius 1 is 0.926 bits per heavy atom. The molecule has 0 bridgehead atoms. The third-order valence-corrected chi connectivity index (χ3v) is 8.81. The summed E-state index contributed by atoms with van der Waals surface area (Å²) in [7, 11) is -9.84. The van der Waals surface area contributed by atoms with Gasteiger partial charge in [0.25, 0.3) is 10.1 Å². The Labute approximate surface area is 164 Å². The summed E-state index contributed by atoms with van der Waals surface area (Å²) in [6.45, 7) is 9.17. The van der Waals surface area contributed by atoms with E-state index in [1.54, 1.807) is 0 Å². The van der Waals surface area contributed by atoms with Crippen molar-refractivity contribution >= 4 is 17.7 Å². The lowest BCUT2D eigenvalue weighted by molar-refractivity contribution is 0.337. The molecular weight excluding hydrogens is 387 g/mol. The van der Waals surface area contributed by atoms with Crippen LogP contribution in [0.25, 0.3) is 0 Å². The van der Waals surface area contributed by atoms with Crippen LogP contribution in [0.2, 0.25) is 0 Å². The minimum atomic E-state index is -4.99. The first-order chi connectivity index (χ1) is 12.2. The van der Waals surface area contributed by atoms with E-state index < -0.39 is 22.2 Å². The van der Waals surface area contributed by atoms with Gasteiger partial charge in [-0.1, -0.05) is 34.9 Å². The minimum absolute atomic E-state index is 0.260. The highest BCUT2D eigenvalue weighted by Gasteiger charge is 2.52. The van der Waals surface area contributed by atoms with Gasteiger partial charge >= 0.3 is 7.60 Å². The smallest absolute Gasteiger partial charge is 0.323 e. The number of allylic oxidation sites excluding steroid dienone is 6. The van der Waals surface area contributed by atoms with Crippen LogP contribution in [0.4, 0.5) is 0 Å². The summed E-state index contributed by atoms with van der Waals surface area (Å²) >= 11 is 0. The molecule has 0 amide bonds. The first kappa shape index (κ1) is 26.3. The summed E-state index contributed by atoms with van der Waals surface area (Å²) in [5.41, 5.74) is 3.82. The highest BCUT2D eigenvalue weighted by Crippen LogP contribution is 2.55. The summed E-state index contributed by atoms with van der Waals surface area (Å²) in [4.78, 5) is 18.6. The molecule has 0 spiro atoms. The Bertz CT molecular complexity index is 710. The molecule has 27 heavy (non-hydrogen) atoms. The van der Waals surface area contributed by atoms with Gasteiger partial charge in [-0.05, 0) is 79.6 Å². The molecule has 6 nitrogen and oxygen atoms in total. The van der Waals surface area contributed by atoms with Crippen LogP contribution in [-0.4, -0.2) is 27.2 Å². The van der Waals surface area contributed by atoms with Crippen molar-refractivity contribution in [1.29, 1.82) is 0 Å². The molecule has 0 aromatic carbocycles. The molecule has 0 radical (unpaired) electrons. The third kappa shape index (κ3) is 9.86. The number of hydrogen-bond acceptors (Lipinski definition) is 3. The zero-order valence-corrected chi connectivity index (χ0v) is 18.8. The SMILES string of the molecule is CC(C)=CCC/C(C)=C/CC/C(C)=C/CCCC(C)(P(=O)(O)O)S(=O)(=O)O. The van der Waals surface area contributed by atoms with Crippen molar-refractivity contribution in [1.82, 2.24) is 0 Å². The van der Waals surface area contributed by atoms with Crippen LogP contribution in [0.1, 0.15) is 79.6 Å². The maximum Gasteiger partial charge on any atom is 0.348 e. The van der Waals surface area contributed by atoms with Crippen molar-refractivity contribution in [3.8, 4) is 0 Å². The molecule has 1 atom stereocenters. The van der Waals surface area contributed by atoms with Crippen LogP contribution in [-0.2, 0) is 14.7 Å². The zero-order valence-electron chi connectivity index (χ0n) is 17.1. The fourth-order valence-electron chi connectivity index (χ4n) is 2.54. The average Bonchev–Trinajstić information content (AvgIpc) is 2.48. The van der Waals surface area contributed by atoms with E-state index in [1.165, 1.54) is 11.1 Å². The molecule has 0 saturated carbocycles. The summed E-state index contributed by atoms with van der Waals surface area (Å²) in [5.74, 6) is 0. The normalized spacial score (nSPS) is 16.1. The summed E-state index contributed by atoms with van der Waals surface area (Å²) in [6.07, 6.45) is 10.8. The second-order valence-corrected chi connectivity index (χ2v) is 11.8. The van der Waals surface area contributed by atoms with E-state index in [4.69, 9.17) is 0 Å². The molecule has 3 N–H and O–H groups in total. The van der Waals surface area contributed by atoms with Crippen molar-refractivity contribution < 1.29 is 27.3 Å². The second-order valence-electron chi connectivity index (χ2n) is 7.55. The van der Waals surface area contributed by atoms with Crippen molar-refractivity contribution in [2.75, 3.05) is 0 Å². The van der Waals surface area contributed by atoms with Gasteiger partial charge < -0.3 is 9.79 Å². The third-order valence-electron chi connectivity index (χ3n) is 4.63. The van der Waals surface area contributed by atoms with Gasteiger partial charge in [-0.3, -0.25) is 9.12 Å². The van der Waals surface area contributed by atoms with E-state index in [9.17, 15) is 27.3 Å². The van der Waals surface area contributed by atoms with Gasteiger partial charge in [-0.25, -0.2) is 0 Å². The summed E-state index contributed by atoms with van der Waals surface area (Å²) in [6, 6.07) is 0. The van der Waals surface area contributed by atoms with Crippen molar-refractivity contribution in [2.24, 2.45) is 0 Å². The van der Waals surface area contributed by atoms with Gasteiger partial charge in [0.2, 0.25) is 0 Å². The molecule has 0 heterocycles. The van der Waals surface area contributed by atoms with Gasteiger partial charge in [0.05, 0.1) is 0 Å². The van der Waals surface area contributed by atoms with Crippen molar-refractivity contribution in [2.45, 2.75) is 84.1 Å². The Morgan fingerprint density at radius 3 is 1.78 bits per heavy atom. The minimum Gasteiger partial charge on any atom is -0.323 e. The molecule has 0 rings (SSSR count). The molecule has 0 aliphatic carbocycles. The van der Waals surface area contributed by atoms with E-state index in [0.717, 1.165) is 38.2 Å². The van der Waals surface area contributed by atoms with Crippen LogP contribution >= 0.6 is 7.60 Å². The predicted molar refractivity (Wildman–Crippen MR) is 111 cm³/mol. The van der Waals surface area contributed by atoms with Gasteiger partial charge in [-0.15, -0.1) is 0 Å². The highest BCUT2D eigenvalue weighted by atomic mass is 32.2. The molecule has 158 valence electrons. The molecule has 0 saturated heterocycles. The monoisotopic (exact) mass is 422 g/mol. The standard InChI is InChI=1S/C19H35O6PS/c1-16(2)10-8-12-18(4)14-9-13-17(3)11-6-7-15-19(5,26(20,21)22)27(23,24)25/h10-11,14H,6-9,12-13,15H2,1-5H3,(H2,20,21,22)(H,23,24,25)/b17-11+,18-14+. The second kappa shape index (κ2) is 11.3. The lowest BCUT2D eigenvalue weighted by Crippen LogP contribution is -2.34. The average molecular weight is 423 g/mol. The summed E-state index contributed by atoms with van der Waals surface area (Å²) < 4.78 is 41.0. The van der Waals surface area contributed by atoms with Crippen molar-refractivity contribution in [3.63, 3.8) is 0 Å². The van der Waals surface area contributed by atoms with Gasteiger partial charge in [0.1, 0.15) is 0 Å². The lowest BCUT2D eigenvalue weighted by Gasteiger charge is -2.26. The maximum atomic E-state index is 11.5. The quantitative estimate of drug-likeness (QED) is 0.169. The Balaban J connectivity index is 4.48. The van der Waals surface area contributed by atoms with Crippen LogP contribution in [0, 0.1) is 0 Å². The predicted octanol–water partition coefficient (Wildman–Crippen LogP) is 5.36. The first-order valence-corrected chi connectivity index (χ1v) is 12.2. The van der Waals surface area contributed by atoms with Crippen LogP contribution in [0.15, 0.2) is 34.9 Å². The molecule has 0 aromatic heterocycles. The Kier molecular flexibility index (Phi) is 11.0. The molecule has 1 unspecified atom stereocenters. The fourth-order valence-corrected chi connectivity index (χ4v) is 4.60.